The fourth-order valence-corrected chi connectivity index (χ4v) is 2.64. The Labute approximate surface area is 160 Å². The number of hydrogen-bond donors (Lipinski definition) is 2. The van der Waals surface area contributed by atoms with Gasteiger partial charge in [0.1, 0.15) is 5.75 Å². The summed E-state index contributed by atoms with van der Waals surface area (Å²) in [5, 5.41) is 14.6. The van der Waals surface area contributed by atoms with Gasteiger partial charge in [0, 0.05) is 6.54 Å². The molecule has 6 heteroatoms. The van der Waals surface area contributed by atoms with Crippen molar-refractivity contribution in [3.63, 3.8) is 0 Å². The first-order valence-electron chi connectivity index (χ1n) is 9.21. The van der Waals surface area contributed by atoms with Crippen molar-refractivity contribution >= 4 is 17.5 Å². The maximum Gasteiger partial charge on any atom is 0.249 e. The molecule has 0 unspecified atom stereocenters. The van der Waals surface area contributed by atoms with Gasteiger partial charge >= 0.3 is 0 Å². The Morgan fingerprint density at radius 2 is 1.78 bits per heavy atom. The van der Waals surface area contributed by atoms with E-state index in [1.807, 2.05) is 44.2 Å². The highest BCUT2D eigenvalue weighted by Crippen LogP contribution is 2.27. The Morgan fingerprint density at radius 3 is 2.59 bits per heavy atom. The Morgan fingerprint density at radius 1 is 1.00 bits per heavy atom. The number of ether oxygens (including phenoxy) is 1. The fourth-order valence-electron chi connectivity index (χ4n) is 2.64. The highest BCUT2D eigenvalue weighted by molar-refractivity contribution is 5.62. The zero-order chi connectivity index (χ0) is 18.9. The van der Waals surface area contributed by atoms with Crippen LogP contribution >= 0.6 is 0 Å². The molecule has 1 heterocycles. The van der Waals surface area contributed by atoms with Crippen LogP contribution in [0.5, 0.6) is 5.75 Å². The van der Waals surface area contributed by atoms with Crippen LogP contribution in [-0.4, -0.2) is 27.8 Å². The van der Waals surface area contributed by atoms with Crippen LogP contribution in [0.25, 0.3) is 0 Å². The van der Waals surface area contributed by atoms with Gasteiger partial charge in [-0.2, -0.15) is 10.1 Å². The lowest BCUT2D eigenvalue weighted by atomic mass is 10.1. The van der Waals surface area contributed by atoms with Crippen LogP contribution in [0.2, 0.25) is 0 Å². The molecule has 0 aliphatic carbocycles. The Balaban J connectivity index is 1.56. The lowest BCUT2D eigenvalue weighted by molar-refractivity contribution is 0.244. The van der Waals surface area contributed by atoms with Crippen molar-refractivity contribution in [2.24, 2.45) is 0 Å². The van der Waals surface area contributed by atoms with Gasteiger partial charge in [-0.15, -0.1) is 5.10 Å². The topological polar surface area (TPSA) is 72.0 Å². The summed E-state index contributed by atoms with van der Waals surface area (Å²) in [6.45, 7) is 4.81. The molecule has 1 aromatic heterocycles. The summed E-state index contributed by atoms with van der Waals surface area (Å²) in [7, 11) is 0. The SMILES string of the molecule is CC(C)Oc1ccccc1Nc1nncc(NCCCc2ccccc2)n1. The molecule has 0 radical (unpaired) electrons. The number of nitrogens with one attached hydrogen (secondary N) is 2. The molecule has 140 valence electrons. The third kappa shape index (κ3) is 5.95. The summed E-state index contributed by atoms with van der Waals surface area (Å²) in [4.78, 5) is 4.48. The second-order valence-electron chi connectivity index (χ2n) is 6.47. The summed E-state index contributed by atoms with van der Waals surface area (Å²) < 4.78 is 5.82. The number of para-hydroxylation sites is 2. The highest BCUT2D eigenvalue weighted by Gasteiger charge is 2.07. The Kier molecular flexibility index (Phi) is 6.57. The van der Waals surface area contributed by atoms with Crippen LogP contribution in [0, 0.1) is 0 Å². The predicted molar refractivity (Wildman–Crippen MR) is 109 cm³/mol. The largest absolute Gasteiger partial charge is 0.489 e. The molecular weight excluding hydrogens is 338 g/mol. The summed E-state index contributed by atoms with van der Waals surface area (Å²) in [6.07, 6.45) is 3.76. The van der Waals surface area contributed by atoms with Crippen molar-refractivity contribution < 1.29 is 4.74 Å². The number of hydrogen-bond acceptors (Lipinski definition) is 6. The monoisotopic (exact) mass is 363 g/mol. The van der Waals surface area contributed by atoms with E-state index in [9.17, 15) is 0 Å². The van der Waals surface area contributed by atoms with Crippen molar-refractivity contribution in [3.05, 3.63) is 66.4 Å². The molecule has 0 fully saturated rings. The van der Waals surface area contributed by atoms with E-state index < -0.39 is 0 Å². The average Bonchev–Trinajstić information content (AvgIpc) is 2.68. The van der Waals surface area contributed by atoms with E-state index in [4.69, 9.17) is 4.74 Å². The Hall–Kier alpha value is -3.15. The molecule has 3 rings (SSSR count). The van der Waals surface area contributed by atoms with Crippen molar-refractivity contribution in [1.82, 2.24) is 15.2 Å². The smallest absolute Gasteiger partial charge is 0.249 e. The molecule has 0 saturated heterocycles. The maximum absolute atomic E-state index is 5.82. The van der Waals surface area contributed by atoms with Gasteiger partial charge in [-0.3, -0.25) is 0 Å². The van der Waals surface area contributed by atoms with E-state index in [-0.39, 0.29) is 6.10 Å². The molecule has 3 aromatic rings. The normalized spacial score (nSPS) is 10.6. The van der Waals surface area contributed by atoms with Crippen molar-refractivity contribution in [3.8, 4) is 5.75 Å². The number of nitrogens with zero attached hydrogens (tertiary/aromatic N) is 3. The molecular formula is C21H25N5O. The zero-order valence-electron chi connectivity index (χ0n) is 15.7. The van der Waals surface area contributed by atoms with Crippen molar-refractivity contribution in [2.45, 2.75) is 32.8 Å². The molecule has 0 aliphatic heterocycles. The van der Waals surface area contributed by atoms with Crippen LogP contribution in [0.4, 0.5) is 17.5 Å². The van der Waals surface area contributed by atoms with Gasteiger partial charge in [0.2, 0.25) is 5.95 Å². The summed E-state index contributed by atoms with van der Waals surface area (Å²) in [6, 6.07) is 18.2. The Bertz CT molecular complexity index is 839. The van der Waals surface area contributed by atoms with Gasteiger partial charge in [-0.05, 0) is 44.4 Å². The highest BCUT2D eigenvalue weighted by atomic mass is 16.5. The van der Waals surface area contributed by atoms with Gasteiger partial charge in [0.25, 0.3) is 0 Å². The minimum Gasteiger partial charge on any atom is -0.489 e. The van der Waals surface area contributed by atoms with Crippen LogP contribution in [0.3, 0.4) is 0 Å². The average molecular weight is 363 g/mol. The first-order valence-corrected chi connectivity index (χ1v) is 9.21. The minimum atomic E-state index is 0.0876. The molecule has 0 amide bonds. The number of anilines is 3. The quantitative estimate of drug-likeness (QED) is 0.547. The lowest BCUT2D eigenvalue weighted by Crippen LogP contribution is -2.09. The van der Waals surface area contributed by atoms with Crippen LogP contribution < -0.4 is 15.4 Å². The fraction of sp³-hybridized carbons (Fsp3) is 0.286. The van der Waals surface area contributed by atoms with Crippen molar-refractivity contribution in [1.29, 1.82) is 0 Å². The van der Waals surface area contributed by atoms with Crippen LogP contribution in [-0.2, 0) is 6.42 Å². The molecule has 0 bridgehead atoms. The summed E-state index contributed by atoms with van der Waals surface area (Å²) in [5.74, 6) is 1.89. The molecule has 6 nitrogen and oxygen atoms in total. The van der Waals surface area contributed by atoms with Crippen LogP contribution in [0.1, 0.15) is 25.8 Å². The number of rotatable bonds is 9. The van der Waals surface area contributed by atoms with Gasteiger partial charge in [-0.1, -0.05) is 42.5 Å². The van der Waals surface area contributed by atoms with Gasteiger partial charge < -0.3 is 15.4 Å². The first-order chi connectivity index (χ1) is 13.2. The minimum absolute atomic E-state index is 0.0876. The van der Waals surface area contributed by atoms with Gasteiger partial charge in [0.15, 0.2) is 5.82 Å². The van der Waals surface area contributed by atoms with Gasteiger partial charge in [-0.25, -0.2) is 0 Å². The maximum atomic E-state index is 5.82. The number of aryl methyl sites for hydroxylation is 1. The van der Waals surface area contributed by atoms with Gasteiger partial charge in [0.05, 0.1) is 18.0 Å². The molecule has 0 saturated carbocycles. The molecule has 27 heavy (non-hydrogen) atoms. The van der Waals surface area contributed by atoms with Crippen molar-refractivity contribution in [2.75, 3.05) is 17.2 Å². The second-order valence-corrected chi connectivity index (χ2v) is 6.47. The lowest BCUT2D eigenvalue weighted by Gasteiger charge is -2.14. The third-order valence-corrected chi connectivity index (χ3v) is 3.85. The number of benzene rings is 2. The summed E-state index contributed by atoms with van der Waals surface area (Å²) >= 11 is 0. The molecule has 2 N–H and O–H groups in total. The first kappa shape index (κ1) is 18.6. The van der Waals surface area contributed by atoms with E-state index in [1.165, 1.54) is 5.56 Å². The zero-order valence-corrected chi connectivity index (χ0v) is 15.7. The predicted octanol–water partition coefficient (Wildman–Crippen LogP) is 4.45. The standard InChI is InChI=1S/C21H25N5O/c1-16(2)27-19-13-7-6-12-18(19)24-21-25-20(15-23-26-21)22-14-8-11-17-9-4-3-5-10-17/h3-7,9-10,12-13,15-16H,8,11,14H2,1-2H3,(H2,22,24,25,26). The van der Waals surface area contributed by atoms with Crippen LogP contribution in [0.15, 0.2) is 60.8 Å². The summed E-state index contributed by atoms with van der Waals surface area (Å²) in [5.41, 5.74) is 2.15. The van der Waals surface area contributed by atoms with E-state index in [0.29, 0.717) is 11.8 Å². The molecule has 0 aliphatic rings. The van der Waals surface area contributed by atoms with E-state index in [1.54, 1.807) is 6.20 Å². The molecule has 2 aromatic carbocycles. The molecule has 0 spiro atoms. The van der Waals surface area contributed by atoms with E-state index >= 15 is 0 Å². The third-order valence-electron chi connectivity index (χ3n) is 3.85. The molecule has 0 atom stereocenters. The van der Waals surface area contributed by atoms with E-state index in [0.717, 1.165) is 30.8 Å². The number of aromatic nitrogens is 3. The van der Waals surface area contributed by atoms with E-state index in [2.05, 4.69) is 50.1 Å². The second kappa shape index (κ2) is 9.52.